The number of hydrogen-bond acceptors (Lipinski definition) is 3. The zero-order chi connectivity index (χ0) is 15.1. The highest BCUT2D eigenvalue weighted by Crippen LogP contribution is 2.28. The summed E-state index contributed by atoms with van der Waals surface area (Å²) in [5.41, 5.74) is 2.17. The highest BCUT2D eigenvalue weighted by atomic mass is 16.4. The highest BCUT2D eigenvalue weighted by molar-refractivity contribution is 5.85. The second kappa shape index (κ2) is 4.67. The van der Waals surface area contributed by atoms with Crippen molar-refractivity contribution < 1.29 is 15.0 Å². The Kier molecular flexibility index (Phi) is 3.29. The Morgan fingerprint density at radius 1 is 1.25 bits per heavy atom. The lowest BCUT2D eigenvalue weighted by Crippen LogP contribution is -2.17. The summed E-state index contributed by atoms with van der Waals surface area (Å²) < 4.78 is 1.64. The maximum Gasteiger partial charge on any atom is 0.356 e. The molecule has 0 radical (unpaired) electrons. The van der Waals surface area contributed by atoms with Crippen molar-refractivity contribution in [3.8, 4) is 11.4 Å². The van der Waals surface area contributed by atoms with E-state index in [0.717, 1.165) is 16.9 Å². The standard InChI is InChI=1S/C15H18N2O3/c1-9-7-10(18)5-6-12(9)17-13(15(2,3)4)8-11(16-17)14(19)20/h5-8,18H,1-4H3,(H,19,20). The number of aromatic hydroxyl groups is 1. The molecule has 0 aliphatic rings. The lowest BCUT2D eigenvalue weighted by Gasteiger charge is -2.21. The molecule has 0 saturated carbocycles. The van der Waals surface area contributed by atoms with Crippen LogP contribution >= 0.6 is 0 Å². The summed E-state index contributed by atoms with van der Waals surface area (Å²) in [6, 6.07) is 6.52. The zero-order valence-corrected chi connectivity index (χ0v) is 12.0. The van der Waals surface area contributed by atoms with E-state index in [4.69, 9.17) is 5.11 Å². The molecule has 1 heterocycles. The van der Waals surface area contributed by atoms with Gasteiger partial charge in [-0.05, 0) is 36.8 Å². The lowest BCUT2D eigenvalue weighted by atomic mass is 9.91. The van der Waals surface area contributed by atoms with E-state index in [1.54, 1.807) is 28.9 Å². The van der Waals surface area contributed by atoms with E-state index in [1.165, 1.54) is 0 Å². The van der Waals surface area contributed by atoms with E-state index < -0.39 is 5.97 Å². The van der Waals surface area contributed by atoms with Gasteiger partial charge in [-0.15, -0.1) is 0 Å². The summed E-state index contributed by atoms with van der Waals surface area (Å²) in [6.45, 7) is 7.86. The first-order valence-electron chi connectivity index (χ1n) is 6.34. The van der Waals surface area contributed by atoms with Crippen LogP contribution in [-0.4, -0.2) is 26.0 Å². The summed E-state index contributed by atoms with van der Waals surface area (Å²) >= 11 is 0. The molecule has 106 valence electrons. The van der Waals surface area contributed by atoms with Gasteiger partial charge in [0.1, 0.15) is 5.75 Å². The van der Waals surface area contributed by atoms with E-state index >= 15 is 0 Å². The molecule has 20 heavy (non-hydrogen) atoms. The van der Waals surface area contributed by atoms with Crippen LogP contribution in [0.25, 0.3) is 5.69 Å². The summed E-state index contributed by atoms with van der Waals surface area (Å²) in [6.07, 6.45) is 0. The number of phenols is 1. The molecule has 0 aliphatic heterocycles. The smallest absolute Gasteiger partial charge is 0.356 e. The first-order chi connectivity index (χ1) is 9.20. The first-order valence-corrected chi connectivity index (χ1v) is 6.34. The van der Waals surface area contributed by atoms with Crippen LogP contribution in [0.3, 0.4) is 0 Å². The van der Waals surface area contributed by atoms with Crippen LogP contribution in [0.15, 0.2) is 24.3 Å². The molecule has 0 spiro atoms. The second-order valence-electron chi connectivity index (χ2n) is 5.85. The van der Waals surface area contributed by atoms with Gasteiger partial charge in [-0.3, -0.25) is 0 Å². The average molecular weight is 274 g/mol. The normalized spacial score (nSPS) is 11.6. The molecule has 2 aromatic rings. The van der Waals surface area contributed by atoms with Gasteiger partial charge in [0.2, 0.25) is 0 Å². The molecule has 1 aromatic heterocycles. The van der Waals surface area contributed by atoms with Crippen molar-refractivity contribution in [2.75, 3.05) is 0 Å². The molecule has 0 atom stereocenters. The van der Waals surface area contributed by atoms with Gasteiger partial charge in [-0.1, -0.05) is 20.8 Å². The number of carbonyl (C=O) groups is 1. The second-order valence-corrected chi connectivity index (χ2v) is 5.85. The Labute approximate surface area is 117 Å². The third kappa shape index (κ3) is 2.52. The highest BCUT2D eigenvalue weighted by Gasteiger charge is 2.24. The van der Waals surface area contributed by atoms with Crippen LogP contribution in [0.1, 0.15) is 42.5 Å². The van der Waals surface area contributed by atoms with Crippen molar-refractivity contribution in [3.63, 3.8) is 0 Å². The van der Waals surface area contributed by atoms with Crippen LogP contribution in [0, 0.1) is 6.92 Å². The van der Waals surface area contributed by atoms with Gasteiger partial charge >= 0.3 is 5.97 Å². The third-order valence-electron chi connectivity index (χ3n) is 3.11. The van der Waals surface area contributed by atoms with Gasteiger partial charge in [0.25, 0.3) is 0 Å². The lowest BCUT2D eigenvalue weighted by molar-refractivity contribution is 0.0690. The van der Waals surface area contributed by atoms with Crippen molar-refractivity contribution in [2.45, 2.75) is 33.1 Å². The fraction of sp³-hybridized carbons (Fsp3) is 0.333. The Morgan fingerprint density at radius 2 is 1.90 bits per heavy atom. The minimum atomic E-state index is -1.05. The number of phenolic OH excluding ortho intramolecular Hbond substituents is 1. The molecular formula is C15H18N2O3. The maximum atomic E-state index is 11.1. The largest absolute Gasteiger partial charge is 0.508 e. The van der Waals surface area contributed by atoms with Gasteiger partial charge < -0.3 is 10.2 Å². The van der Waals surface area contributed by atoms with Gasteiger partial charge in [0.15, 0.2) is 5.69 Å². The van der Waals surface area contributed by atoms with Crippen molar-refractivity contribution in [3.05, 3.63) is 41.2 Å². The quantitative estimate of drug-likeness (QED) is 0.883. The Morgan fingerprint density at radius 3 is 2.40 bits per heavy atom. The van der Waals surface area contributed by atoms with Crippen LogP contribution in [0.5, 0.6) is 5.75 Å². The number of aromatic carboxylic acids is 1. The fourth-order valence-corrected chi connectivity index (χ4v) is 2.08. The SMILES string of the molecule is Cc1cc(O)ccc1-n1nc(C(=O)O)cc1C(C)(C)C. The van der Waals surface area contributed by atoms with Crippen molar-refractivity contribution in [2.24, 2.45) is 0 Å². The maximum absolute atomic E-state index is 11.1. The zero-order valence-electron chi connectivity index (χ0n) is 12.0. The molecule has 5 nitrogen and oxygen atoms in total. The Bertz CT molecular complexity index is 666. The number of benzene rings is 1. The monoisotopic (exact) mass is 274 g/mol. The first kappa shape index (κ1) is 14.1. The molecule has 0 aliphatic carbocycles. The number of aryl methyl sites for hydroxylation is 1. The van der Waals surface area contributed by atoms with E-state index in [-0.39, 0.29) is 16.9 Å². The number of carboxylic acid groups (broad SMARTS) is 1. The summed E-state index contributed by atoms with van der Waals surface area (Å²) in [7, 11) is 0. The van der Waals surface area contributed by atoms with E-state index in [1.807, 2.05) is 27.7 Å². The van der Waals surface area contributed by atoms with Gasteiger partial charge in [-0.25, -0.2) is 9.48 Å². The summed E-state index contributed by atoms with van der Waals surface area (Å²) in [5.74, 6) is -0.875. The predicted molar refractivity (Wildman–Crippen MR) is 75.6 cm³/mol. The van der Waals surface area contributed by atoms with Crippen molar-refractivity contribution in [1.82, 2.24) is 9.78 Å². The average Bonchev–Trinajstić information content (AvgIpc) is 2.73. The predicted octanol–water partition coefficient (Wildman–Crippen LogP) is 2.88. The topological polar surface area (TPSA) is 75.3 Å². The number of nitrogens with zero attached hydrogens (tertiary/aromatic N) is 2. The minimum absolute atomic E-state index is 0.0161. The number of hydrogen-bond donors (Lipinski definition) is 2. The van der Waals surface area contributed by atoms with Gasteiger partial charge in [0, 0.05) is 5.41 Å². The van der Waals surface area contributed by atoms with Crippen LogP contribution < -0.4 is 0 Å². The molecule has 2 N–H and O–H groups in total. The Hall–Kier alpha value is -2.30. The van der Waals surface area contributed by atoms with Crippen molar-refractivity contribution in [1.29, 1.82) is 0 Å². The van der Waals surface area contributed by atoms with Gasteiger partial charge in [0.05, 0.1) is 11.4 Å². The number of aromatic nitrogens is 2. The van der Waals surface area contributed by atoms with E-state index in [9.17, 15) is 9.90 Å². The van der Waals surface area contributed by atoms with Gasteiger partial charge in [-0.2, -0.15) is 5.10 Å². The summed E-state index contributed by atoms with van der Waals surface area (Å²) in [5, 5.41) is 22.8. The Balaban J connectivity index is 2.69. The molecule has 1 aromatic carbocycles. The number of carboxylic acids is 1. The molecule has 0 amide bonds. The third-order valence-corrected chi connectivity index (χ3v) is 3.11. The number of rotatable bonds is 2. The molecule has 5 heteroatoms. The summed E-state index contributed by atoms with van der Waals surface area (Å²) in [4.78, 5) is 11.1. The van der Waals surface area contributed by atoms with Crippen LogP contribution in [0.2, 0.25) is 0 Å². The molecule has 2 rings (SSSR count). The van der Waals surface area contributed by atoms with Crippen molar-refractivity contribution >= 4 is 5.97 Å². The molecule has 0 fully saturated rings. The molecule has 0 unspecified atom stereocenters. The molecular weight excluding hydrogens is 256 g/mol. The van der Waals surface area contributed by atoms with Crippen LogP contribution in [0.4, 0.5) is 0 Å². The minimum Gasteiger partial charge on any atom is -0.508 e. The molecule has 0 bridgehead atoms. The van der Waals surface area contributed by atoms with E-state index in [0.29, 0.717) is 0 Å². The fourth-order valence-electron chi connectivity index (χ4n) is 2.08. The van der Waals surface area contributed by atoms with Crippen LogP contribution in [-0.2, 0) is 5.41 Å². The molecule has 0 saturated heterocycles. The van der Waals surface area contributed by atoms with E-state index in [2.05, 4.69) is 5.10 Å².